The van der Waals surface area contributed by atoms with Gasteiger partial charge in [-0.3, -0.25) is 4.79 Å². The summed E-state index contributed by atoms with van der Waals surface area (Å²) in [5, 5.41) is 0. The number of halogens is 1. The zero-order chi connectivity index (χ0) is 8.43. The van der Waals surface area contributed by atoms with Gasteiger partial charge >= 0.3 is 0 Å². The van der Waals surface area contributed by atoms with E-state index in [1.165, 1.54) is 13.2 Å². The first-order chi connectivity index (χ1) is 5.15. The van der Waals surface area contributed by atoms with Gasteiger partial charge in [0.05, 0.1) is 7.11 Å². The molecule has 11 heavy (non-hydrogen) atoms. The molecule has 0 saturated carbocycles. The van der Waals surface area contributed by atoms with Gasteiger partial charge in [0.25, 0.3) is 0 Å². The van der Waals surface area contributed by atoms with Crippen LogP contribution in [0.25, 0.3) is 0 Å². The number of methoxy groups -OCH3 is 1. The van der Waals surface area contributed by atoms with Crippen molar-refractivity contribution in [2.75, 3.05) is 7.11 Å². The van der Waals surface area contributed by atoms with Crippen LogP contribution in [0.4, 0.5) is 0 Å². The molecule has 1 rings (SSSR count). The second kappa shape index (κ2) is 3.09. The highest BCUT2D eigenvalue weighted by Crippen LogP contribution is 2.16. The SMILES string of the molecule is COc1c(Br)[nH]c(C)cc1=O. The highest BCUT2D eigenvalue weighted by molar-refractivity contribution is 9.10. The molecule has 0 aromatic carbocycles. The van der Waals surface area contributed by atoms with Crippen molar-refractivity contribution in [3.8, 4) is 5.75 Å². The predicted molar refractivity (Wildman–Crippen MR) is 46.1 cm³/mol. The van der Waals surface area contributed by atoms with Gasteiger partial charge in [0.1, 0.15) is 4.60 Å². The van der Waals surface area contributed by atoms with Crippen molar-refractivity contribution < 1.29 is 4.74 Å². The van der Waals surface area contributed by atoms with E-state index in [1.807, 2.05) is 6.92 Å². The lowest BCUT2D eigenvalue weighted by atomic mass is 10.3. The quantitative estimate of drug-likeness (QED) is 0.725. The van der Waals surface area contributed by atoms with Gasteiger partial charge in [0, 0.05) is 11.8 Å². The summed E-state index contributed by atoms with van der Waals surface area (Å²) in [5.74, 6) is 0.315. The summed E-state index contributed by atoms with van der Waals surface area (Å²) in [6.45, 7) is 1.81. The topological polar surface area (TPSA) is 42.1 Å². The Labute approximate surface area is 72.5 Å². The fraction of sp³-hybridized carbons (Fsp3) is 0.286. The van der Waals surface area contributed by atoms with E-state index in [0.29, 0.717) is 10.4 Å². The van der Waals surface area contributed by atoms with Crippen LogP contribution in [0.2, 0.25) is 0 Å². The average Bonchev–Trinajstić information content (AvgIpc) is 1.85. The lowest BCUT2D eigenvalue weighted by molar-refractivity contribution is 0.405. The molecule has 3 nitrogen and oxygen atoms in total. The Morgan fingerprint density at radius 3 is 2.73 bits per heavy atom. The highest BCUT2D eigenvalue weighted by Gasteiger charge is 2.04. The van der Waals surface area contributed by atoms with Crippen molar-refractivity contribution in [3.05, 3.63) is 26.6 Å². The third-order valence-corrected chi connectivity index (χ3v) is 1.84. The van der Waals surface area contributed by atoms with Crippen LogP contribution in [0.15, 0.2) is 15.5 Å². The number of pyridine rings is 1. The minimum Gasteiger partial charge on any atom is -0.490 e. The maximum atomic E-state index is 11.1. The molecule has 0 saturated heterocycles. The molecule has 1 heterocycles. The molecule has 0 fully saturated rings. The second-order valence-corrected chi connectivity index (χ2v) is 2.96. The summed E-state index contributed by atoms with van der Waals surface area (Å²) in [5.41, 5.74) is 0.693. The summed E-state index contributed by atoms with van der Waals surface area (Å²) < 4.78 is 5.43. The van der Waals surface area contributed by atoms with Gasteiger partial charge in [0.15, 0.2) is 5.75 Å². The van der Waals surface area contributed by atoms with Gasteiger partial charge in [0.2, 0.25) is 5.43 Å². The van der Waals surface area contributed by atoms with Crippen LogP contribution in [0.5, 0.6) is 5.75 Å². The molecular formula is C7H8BrNO2. The Bertz CT molecular complexity index is 319. The zero-order valence-corrected chi connectivity index (χ0v) is 7.86. The monoisotopic (exact) mass is 217 g/mol. The van der Waals surface area contributed by atoms with Gasteiger partial charge in [-0.25, -0.2) is 0 Å². The van der Waals surface area contributed by atoms with Crippen LogP contribution >= 0.6 is 15.9 Å². The summed E-state index contributed by atoms with van der Waals surface area (Å²) in [6, 6.07) is 1.49. The molecule has 0 atom stereocenters. The molecule has 1 aromatic rings. The first-order valence-electron chi connectivity index (χ1n) is 3.08. The summed E-state index contributed by atoms with van der Waals surface area (Å²) in [7, 11) is 1.46. The molecule has 0 radical (unpaired) electrons. The van der Waals surface area contributed by atoms with Crippen molar-refractivity contribution in [3.63, 3.8) is 0 Å². The van der Waals surface area contributed by atoms with E-state index in [2.05, 4.69) is 20.9 Å². The van der Waals surface area contributed by atoms with Crippen LogP contribution < -0.4 is 10.2 Å². The number of aryl methyl sites for hydroxylation is 1. The Morgan fingerprint density at radius 1 is 1.64 bits per heavy atom. The first kappa shape index (κ1) is 8.33. The molecule has 4 heteroatoms. The number of ether oxygens (including phenoxy) is 1. The standard InChI is InChI=1S/C7H8BrNO2/c1-4-3-5(10)6(11-2)7(8)9-4/h3H,1-2H3,(H,9,10). The first-order valence-corrected chi connectivity index (χ1v) is 3.88. The minimum absolute atomic E-state index is 0.115. The number of hydrogen-bond acceptors (Lipinski definition) is 2. The second-order valence-electron chi connectivity index (χ2n) is 2.16. The van der Waals surface area contributed by atoms with Crippen LogP contribution in [0.3, 0.4) is 0 Å². The van der Waals surface area contributed by atoms with E-state index in [-0.39, 0.29) is 5.43 Å². The van der Waals surface area contributed by atoms with Gasteiger partial charge in [-0.2, -0.15) is 0 Å². The van der Waals surface area contributed by atoms with Crippen molar-refractivity contribution in [1.29, 1.82) is 0 Å². The fourth-order valence-electron chi connectivity index (χ4n) is 0.827. The van der Waals surface area contributed by atoms with Crippen LogP contribution in [0.1, 0.15) is 5.69 Å². The molecule has 0 aliphatic rings. The molecule has 0 aliphatic heterocycles. The van der Waals surface area contributed by atoms with Crippen LogP contribution in [-0.2, 0) is 0 Å². The van der Waals surface area contributed by atoms with Crippen molar-refractivity contribution in [1.82, 2.24) is 4.98 Å². The average molecular weight is 218 g/mol. The van der Waals surface area contributed by atoms with E-state index in [0.717, 1.165) is 5.69 Å². The molecule has 0 amide bonds. The van der Waals surface area contributed by atoms with E-state index < -0.39 is 0 Å². The van der Waals surface area contributed by atoms with Gasteiger partial charge in [-0.05, 0) is 22.9 Å². The number of hydrogen-bond donors (Lipinski definition) is 1. The largest absolute Gasteiger partial charge is 0.490 e. The lowest BCUT2D eigenvalue weighted by Crippen LogP contribution is -2.06. The zero-order valence-electron chi connectivity index (χ0n) is 6.27. The van der Waals surface area contributed by atoms with Crippen LogP contribution in [0, 0.1) is 6.92 Å². The van der Waals surface area contributed by atoms with E-state index in [9.17, 15) is 4.79 Å². The van der Waals surface area contributed by atoms with E-state index in [4.69, 9.17) is 4.74 Å². The third kappa shape index (κ3) is 1.63. The molecule has 1 N–H and O–H groups in total. The molecule has 0 aliphatic carbocycles. The normalized spacial score (nSPS) is 9.73. The molecule has 60 valence electrons. The summed E-state index contributed by atoms with van der Waals surface area (Å²) >= 11 is 3.18. The third-order valence-electron chi connectivity index (χ3n) is 1.28. The number of nitrogens with one attached hydrogen (secondary N) is 1. The Hall–Kier alpha value is -0.770. The number of rotatable bonds is 1. The Balaban J connectivity index is 3.37. The number of H-pyrrole nitrogens is 1. The van der Waals surface area contributed by atoms with E-state index >= 15 is 0 Å². The van der Waals surface area contributed by atoms with Crippen molar-refractivity contribution >= 4 is 15.9 Å². The van der Waals surface area contributed by atoms with Crippen molar-refractivity contribution in [2.45, 2.75) is 6.92 Å². The molecule has 0 spiro atoms. The van der Waals surface area contributed by atoms with Crippen molar-refractivity contribution in [2.24, 2.45) is 0 Å². The van der Waals surface area contributed by atoms with Gasteiger partial charge in [-0.15, -0.1) is 0 Å². The summed E-state index contributed by atoms with van der Waals surface area (Å²) in [6.07, 6.45) is 0. The Morgan fingerprint density at radius 2 is 2.27 bits per heavy atom. The fourth-order valence-corrected chi connectivity index (χ4v) is 1.50. The molecule has 1 aromatic heterocycles. The lowest BCUT2D eigenvalue weighted by Gasteiger charge is -2.01. The molecule has 0 unspecified atom stereocenters. The van der Waals surface area contributed by atoms with E-state index in [1.54, 1.807) is 0 Å². The number of aromatic nitrogens is 1. The highest BCUT2D eigenvalue weighted by atomic mass is 79.9. The van der Waals surface area contributed by atoms with Gasteiger partial charge < -0.3 is 9.72 Å². The Kier molecular flexibility index (Phi) is 2.34. The summed E-state index contributed by atoms with van der Waals surface area (Å²) in [4.78, 5) is 14.0. The van der Waals surface area contributed by atoms with Crippen LogP contribution in [-0.4, -0.2) is 12.1 Å². The minimum atomic E-state index is -0.115. The maximum absolute atomic E-state index is 11.1. The van der Waals surface area contributed by atoms with Gasteiger partial charge in [-0.1, -0.05) is 0 Å². The maximum Gasteiger partial charge on any atom is 0.224 e. The molecular weight excluding hydrogens is 210 g/mol. The molecule has 0 bridgehead atoms. The predicted octanol–water partition coefficient (Wildman–Crippen LogP) is 1.45. The smallest absolute Gasteiger partial charge is 0.224 e. The number of aromatic amines is 1.